The second-order valence-corrected chi connectivity index (χ2v) is 5.76. The van der Waals surface area contributed by atoms with Crippen molar-refractivity contribution in [2.75, 3.05) is 26.7 Å². The van der Waals surface area contributed by atoms with Gasteiger partial charge in [0.2, 0.25) is 0 Å². The van der Waals surface area contributed by atoms with E-state index in [4.69, 9.17) is 4.74 Å². The summed E-state index contributed by atoms with van der Waals surface area (Å²) in [6.45, 7) is 6.93. The largest absolute Gasteiger partial charge is 0.497 e. The van der Waals surface area contributed by atoms with Crippen molar-refractivity contribution in [3.8, 4) is 5.75 Å². The van der Waals surface area contributed by atoms with Crippen LogP contribution < -0.4 is 10.1 Å². The van der Waals surface area contributed by atoms with Gasteiger partial charge >= 0.3 is 0 Å². The fourth-order valence-electron chi connectivity index (χ4n) is 2.87. The Labute approximate surface area is 123 Å². The van der Waals surface area contributed by atoms with Crippen molar-refractivity contribution in [3.63, 3.8) is 0 Å². The molecule has 1 aliphatic rings. The van der Waals surface area contributed by atoms with E-state index in [0.717, 1.165) is 24.9 Å². The molecule has 1 aliphatic heterocycles. The molecule has 1 unspecified atom stereocenters. The van der Waals surface area contributed by atoms with Crippen molar-refractivity contribution in [2.45, 2.75) is 45.2 Å². The number of piperidine rings is 1. The lowest BCUT2D eigenvalue weighted by molar-refractivity contribution is 0.159. The lowest BCUT2D eigenvalue weighted by Crippen LogP contribution is -2.38. The van der Waals surface area contributed by atoms with Gasteiger partial charge in [-0.15, -0.1) is 0 Å². The SMILES string of the molecule is COc1ccc(CNCCCN2CCCCC2C)cc1. The predicted molar refractivity (Wildman–Crippen MR) is 84.2 cm³/mol. The molecule has 112 valence electrons. The Balaban J connectivity index is 1.58. The molecule has 2 rings (SSSR count). The molecule has 1 N–H and O–H groups in total. The molecule has 0 radical (unpaired) electrons. The van der Waals surface area contributed by atoms with Crippen LogP contribution in [-0.2, 0) is 6.54 Å². The quantitative estimate of drug-likeness (QED) is 0.775. The van der Waals surface area contributed by atoms with E-state index in [1.54, 1.807) is 7.11 Å². The summed E-state index contributed by atoms with van der Waals surface area (Å²) in [4.78, 5) is 2.64. The number of nitrogens with zero attached hydrogens (tertiary/aromatic N) is 1. The van der Waals surface area contributed by atoms with Crippen molar-refractivity contribution >= 4 is 0 Å². The minimum atomic E-state index is 0.783. The van der Waals surface area contributed by atoms with Crippen molar-refractivity contribution in [3.05, 3.63) is 29.8 Å². The van der Waals surface area contributed by atoms with Crippen molar-refractivity contribution in [1.82, 2.24) is 10.2 Å². The minimum Gasteiger partial charge on any atom is -0.497 e. The first-order valence-electron chi connectivity index (χ1n) is 7.87. The summed E-state index contributed by atoms with van der Waals surface area (Å²) >= 11 is 0. The third-order valence-electron chi connectivity index (χ3n) is 4.23. The molecule has 1 aromatic carbocycles. The molecule has 20 heavy (non-hydrogen) atoms. The normalized spacial score (nSPS) is 20.0. The van der Waals surface area contributed by atoms with E-state index in [2.05, 4.69) is 29.3 Å². The number of methoxy groups -OCH3 is 1. The highest BCUT2D eigenvalue weighted by Gasteiger charge is 2.16. The lowest BCUT2D eigenvalue weighted by Gasteiger charge is -2.33. The lowest BCUT2D eigenvalue weighted by atomic mass is 10.0. The van der Waals surface area contributed by atoms with Crippen LogP contribution in [0.15, 0.2) is 24.3 Å². The maximum Gasteiger partial charge on any atom is 0.118 e. The van der Waals surface area contributed by atoms with Crippen LogP contribution in [-0.4, -0.2) is 37.7 Å². The Morgan fingerprint density at radius 3 is 2.75 bits per heavy atom. The van der Waals surface area contributed by atoms with E-state index in [9.17, 15) is 0 Å². The Bertz CT molecular complexity index is 377. The molecule has 0 spiro atoms. The summed E-state index contributed by atoms with van der Waals surface area (Å²) in [5.41, 5.74) is 1.32. The third-order valence-corrected chi connectivity index (χ3v) is 4.23. The van der Waals surface area contributed by atoms with Gasteiger partial charge in [0.05, 0.1) is 7.11 Å². The van der Waals surface area contributed by atoms with Gasteiger partial charge in [0.1, 0.15) is 5.75 Å². The first kappa shape index (κ1) is 15.3. The molecule has 0 amide bonds. The van der Waals surface area contributed by atoms with Gasteiger partial charge in [0.15, 0.2) is 0 Å². The number of ether oxygens (including phenoxy) is 1. The van der Waals surface area contributed by atoms with Crippen molar-refractivity contribution < 1.29 is 4.74 Å². The van der Waals surface area contributed by atoms with Crippen molar-refractivity contribution in [2.24, 2.45) is 0 Å². The summed E-state index contributed by atoms with van der Waals surface area (Å²) in [6.07, 6.45) is 5.40. The Morgan fingerprint density at radius 1 is 1.25 bits per heavy atom. The molecule has 0 bridgehead atoms. The maximum atomic E-state index is 5.16. The number of rotatable bonds is 7. The molecule has 0 saturated carbocycles. The van der Waals surface area contributed by atoms with Crippen LogP contribution in [0.5, 0.6) is 5.75 Å². The van der Waals surface area contributed by atoms with Gasteiger partial charge < -0.3 is 15.0 Å². The van der Waals surface area contributed by atoms with E-state index in [1.165, 1.54) is 44.3 Å². The Kier molecular flexibility index (Phi) is 6.34. The number of hydrogen-bond acceptors (Lipinski definition) is 3. The van der Waals surface area contributed by atoms with Crippen LogP contribution in [0.3, 0.4) is 0 Å². The number of hydrogen-bond donors (Lipinski definition) is 1. The monoisotopic (exact) mass is 276 g/mol. The zero-order chi connectivity index (χ0) is 14.2. The van der Waals surface area contributed by atoms with Crippen LogP contribution in [0.25, 0.3) is 0 Å². The fourth-order valence-corrected chi connectivity index (χ4v) is 2.87. The minimum absolute atomic E-state index is 0.783. The van der Waals surface area contributed by atoms with E-state index in [-0.39, 0.29) is 0 Å². The molecule has 3 nitrogen and oxygen atoms in total. The second-order valence-electron chi connectivity index (χ2n) is 5.76. The van der Waals surface area contributed by atoms with Crippen LogP contribution in [0.1, 0.15) is 38.2 Å². The van der Waals surface area contributed by atoms with Gasteiger partial charge in [-0.25, -0.2) is 0 Å². The predicted octanol–water partition coefficient (Wildman–Crippen LogP) is 3.05. The standard InChI is InChI=1S/C17H28N2O/c1-15-6-3-4-12-19(15)13-5-11-18-14-16-7-9-17(20-2)10-8-16/h7-10,15,18H,3-6,11-14H2,1-2H3. The third kappa shape index (κ3) is 4.80. The molecule has 3 heteroatoms. The molecule has 0 aliphatic carbocycles. The van der Waals surface area contributed by atoms with Gasteiger partial charge in [0, 0.05) is 12.6 Å². The van der Waals surface area contributed by atoms with Gasteiger partial charge in [-0.1, -0.05) is 18.6 Å². The van der Waals surface area contributed by atoms with Gasteiger partial charge in [-0.05, 0) is 63.5 Å². The van der Waals surface area contributed by atoms with Crippen LogP contribution in [0.4, 0.5) is 0 Å². The van der Waals surface area contributed by atoms with Crippen molar-refractivity contribution in [1.29, 1.82) is 0 Å². The number of nitrogens with one attached hydrogen (secondary N) is 1. The van der Waals surface area contributed by atoms with Gasteiger partial charge in [-0.2, -0.15) is 0 Å². The summed E-state index contributed by atoms with van der Waals surface area (Å²) in [7, 11) is 1.70. The van der Waals surface area contributed by atoms with Gasteiger partial charge in [0.25, 0.3) is 0 Å². The van der Waals surface area contributed by atoms with E-state index in [0.29, 0.717) is 0 Å². The van der Waals surface area contributed by atoms with E-state index in [1.807, 2.05) is 12.1 Å². The highest BCUT2D eigenvalue weighted by Crippen LogP contribution is 2.16. The summed E-state index contributed by atoms with van der Waals surface area (Å²) in [5, 5.41) is 3.53. The highest BCUT2D eigenvalue weighted by atomic mass is 16.5. The molecule has 1 atom stereocenters. The first-order chi connectivity index (χ1) is 9.79. The molecular weight excluding hydrogens is 248 g/mol. The Hall–Kier alpha value is -1.06. The average molecular weight is 276 g/mol. The molecular formula is C17H28N2O. The van der Waals surface area contributed by atoms with E-state index < -0.39 is 0 Å². The topological polar surface area (TPSA) is 24.5 Å². The summed E-state index contributed by atoms with van der Waals surface area (Å²) in [6, 6.07) is 9.07. The zero-order valence-electron chi connectivity index (χ0n) is 12.9. The maximum absolute atomic E-state index is 5.16. The smallest absolute Gasteiger partial charge is 0.118 e. The van der Waals surface area contributed by atoms with Crippen LogP contribution >= 0.6 is 0 Å². The van der Waals surface area contributed by atoms with Gasteiger partial charge in [-0.3, -0.25) is 0 Å². The number of benzene rings is 1. The molecule has 1 heterocycles. The summed E-state index contributed by atoms with van der Waals surface area (Å²) in [5.74, 6) is 0.924. The van der Waals surface area contributed by atoms with E-state index >= 15 is 0 Å². The van der Waals surface area contributed by atoms with Crippen LogP contribution in [0.2, 0.25) is 0 Å². The first-order valence-corrected chi connectivity index (χ1v) is 7.87. The highest BCUT2D eigenvalue weighted by molar-refractivity contribution is 5.26. The van der Waals surface area contributed by atoms with Crippen LogP contribution in [0, 0.1) is 0 Å². The molecule has 1 aromatic rings. The second kappa shape index (κ2) is 8.28. The molecule has 1 saturated heterocycles. The molecule has 0 aromatic heterocycles. The average Bonchev–Trinajstić information content (AvgIpc) is 2.49. The number of likely N-dealkylation sites (tertiary alicyclic amines) is 1. The zero-order valence-corrected chi connectivity index (χ0v) is 12.9. The fraction of sp³-hybridized carbons (Fsp3) is 0.647. The molecule has 1 fully saturated rings. The summed E-state index contributed by atoms with van der Waals surface area (Å²) < 4.78 is 5.16. The Morgan fingerprint density at radius 2 is 2.05 bits per heavy atom.